The normalized spacial score (nSPS) is 15.8. The number of hydrogen-bond acceptors (Lipinski definition) is 3. The van der Waals surface area contributed by atoms with Gasteiger partial charge in [0.25, 0.3) is 5.91 Å². The Hall–Kier alpha value is -2.07. The summed E-state index contributed by atoms with van der Waals surface area (Å²) in [7, 11) is 0. The first-order valence-electron chi connectivity index (χ1n) is 10.5. The lowest BCUT2D eigenvalue weighted by molar-refractivity contribution is 0.0881. The van der Waals surface area contributed by atoms with Crippen molar-refractivity contribution in [3.05, 3.63) is 59.0 Å². The number of aryl methyl sites for hydroxylation is 1. The number of furan rings is 1. The largest absolute Gasteiger partial charge is 0.455 e. The van der Waals surface area contributed by atoms with E-state index in [1.165, 1.54) is 43.2 Å². The van der Waals surface area contributed by atoms with Gasteiger partial charge in [0, 0.05) is 18.1 Å². The van der Waals surface area contributed by atoms with Crippen LogP contribution >= 0.6 is 0 Å². The summed E-state index contributed by atoms with van der Waals surface area (Å²) in [4.78, 5) is 14.9. The van der Waals surface area contributed by atoms with Crippen molar-refractivity contribution in [1.82, 2.24) is 10.2 Å². The maximum Gasteiger partial charge on any atom is 0.287 e. The van der Waals surface area contributed by atoms with Crippen molar-refractivity contribution >= 4 is 5.91 Å². The fraction of sp³-hybridized carbons (Fsp3) is 0.542. The number of carbonyl (C=O) groups excluding carboxylic acids is 1. The van der Waals surface area contributed by atoms with Gasteiger partial charge < -0.3 is 9.73 Å². The van der Waals surface area contributed by atoms with Gasteiger partial charge in [0.2, 0.25) is 0 Å². The minimum absolute atomic E-state index is 0.151. The van der Waals surface area contributed by atoms with Crippen molar-refractivity contribution in [2.75, 3.05) is 0 Å². The molecule has 0 unspecified atom stereocenters. The van der Waals surface area contributed by atoms with Gasteiger partial charge in [-0.05, 0) is 63.8 Å². The Bertz CT molecular complexity index is 782. The molecule has 2 aromatic rings. The van der Waals surface area contributed by atoms with Gasteiger partial charge in [0.15, 0.2) is 5.76 Å². The molecule has 152 valence electrons. The third-order valence-electron chi connectivity index (χ3n) is 5.46. The highest BCUT2D eigenvalue weighted by molar-refractivity contribution is 5.91. The molecule has 1 aromatic carbocycles. The van der Waals surface area contributed by atoms with E-state index in [9.17, 15) is 4.79 Å². The highest BCUT2D eigenvalue weighted by Crippen LogP contribution is 2.27. The molecule has 0 spiro atoms. The molecule has 0 saturated heterocycles. The van der Waals surface area contributed by atoms with E-state index in [1.54, 1.807) is 6.07 Å². The zero-order chi connectivity index (χ0) is 20.1. The summed E-state index contributed by atoms with van der Waals surface area (Å²) in [6.45, 7) is 9.75. The highest BCUT2D eigenvalue weighted by Gasteiger charge is 2.24. The van der Waals surface area contributed by atoms with Crippen LogP contribution in [0.4, 0.5) is 0 Å². The number of nitrogens with one attached hydrogen (secondary N) is 1. The molecule has 4 heteroatoms. The lowest BCUT2D eigenvalue weighted by Crippen LogP contribution is -2.40. The van der Waals surface area contributed by atoms with E-state index < -0.39 is 0 Å². The molecule has 1 heterocycles. The molecule has 1 aromatic heterocycles. The molecule has 1 aliphatic rings. The number of carbonyl (C=O) groups is 1. The number of benzene rings is 1. The molecule has 1 saturated carbocycles. The third kappa shape index (κ3) is 5.71. The molecule has 4 nitrogen and oxygen atoms in total. The smallest absolute Gasteiger partial charge is 0.287 e. The SMILES string of the molecule is Cc1ccccc1CN(Cc1ccc(C(=O)NC(C)(C)C)o1)C1CCCCC1. The monoisotopic (exact) mass is 382 g/mol. The van der Waals surface area contributed by atoms with E-state index in [4.69, 9.17) is 4.42 Å². The second-order valence-electron chi connectivity index (χ2n) is 9.09. The number of amides is 1. The quantitative estimate of drug-likeness (QED) is 0.722. The average Bonchev–Trinajstić information content (AvgIpc) is 3.11. The molecule has 0 atom stereocenters. The van der Waals surface area contributed by atoms with Crippen LogP contribution in [0.5, 0.6) is 0 Å². The Morgan fingerprint density at radius 2 is 1.79 bits per heavy atom. The minimum atomic E-state index is -0.275. The number of nitrogens with zero attached hydrogens (tertiary/aromatic N) is 1. The van der Waals surface area contributed by atoms with Crippen LogP contribution < -0.4 is 5.32 Å². The lowest BCUT2D eigenvalue weighted by atomic mass is 9.93. The topological polar surface area (TPSA) is 45.5 Å². The molecule has 1 N–H and O–H groups in total. The van der Waals surface area contributed by atoms with Crippen molar-refractivity contribution in [1.29, 1.82) is 0 Å². The molecule has 1 amide bonds. The summed E-state index contributed by atoms with van der Waals surface area (Å²) in [5.41, 5.74) is 2.42. The summed E-state index contributed by atoms with van der Waals surface area (Å²) >= 11 is 0. The highest BCUT2D eigenvalue weighted by atomic mass is 16.4. The third-order valence-corrected chi connectivity index (χ3v) is 5.46. The van der Waals surface area contributed by atoms with Crippen LogP contribution in [-0.4, -0.2) is 22.4 Å². The van der Waals surface area contributed by atoms with E-state index in [-0.39, 0.29) is 11.4 Å². The van der Waals surface area contributed by atoms with Crippen molar-refractivity contribution in [2.24, 2.45) is 0 Å². The first-order valence-corrected chi connectivity index (χ1v) is 10.5. The Labute approximate surface area is 169 Å². The van der Waals surface area contributed by atoms with Crippen LogP contribution in [0.25, 0.3) is 0 Å². The zero-order valence-corrected chi connectivity index (χ0v) is 17.8. The van der Waals surface area contributed by atoms with Gasteiger partial charge in [-0.15, -0.1) is 0 Å². The fourth-order valence-electron chi connectivity index (χ4n) is 3.95. The van der Waals surface area contributed by atoms with Gasteiger partial charge in [-0.25, -0.2) is 0 Å². The number of hydrogen-bond donors (Lipinski definition) is 1. The van der Waals surface area contributed by atoms with E-state index >= 15 is 0 Å². The predicted molar refractivity (Wildman–Crippen MR) is 113 cm³/mol. The fourth-order valence-corrected chi connectivity index (χ4v) is 3.95. The summed E-state index contributed by atoms with van der Waals surface area (Å²) < 4.78 is 5.93. The summed E-state index contributed by atoms with van der Waals surface area (Å²) in [5.74, 6) is 1.10. The molecule has 0 aliphatic heterocycles. The Morgan fingerprint density at radius 3 is 2.46 bits per heavy atom. The van der Waals surface area contributed by atoms with Crippen LogP contribution in [-0.2, 0) is 13.1 Å². The van der Waals surface area contributed by atoms with Gasteiger partial charge in [-0.3, -0.25) is 9.69 Å². The van der Waals surface area contributed by atoms with E-state index in [1.807, 2.05) is 26.8 Å². The van der Waals surface area contributed by atoms with Crippen molar-refractivity contribution in [3.63, 3.8) is 0 Å². The number of rotatable bonds is 6. The van der Waals surface area contributed by atoms with E-state index in [0.717, 1.165) is 18.8 Å². The molecule has 1 fully saturated rings. The minimum Gasteiger partial charge on any atom is -0.455 e. The summed E-state index contributed by atoms with van der Waals surface area (Å²) in [5, 5.41) is 2.97. The molecular weight excluding hydrogens is 348 g/mol. The first-order chi connectivity index (χ1) is 13.3. The van der Waals surface area contributed by atoms with Gasteiger partial charge in [0.05, 0.1) is 6.54 Å². The molecule has 3 rings (SSSR count). The van der Waals surface area contributed by atoms with Crippen LogP contribution in [0.3, 0.4) is 0 Å². The molecular formula is C24H34N2O2. The standard InChI is InChI=1S/C24H34N2O2/c1-18-10-8-9-11-19(18)16-26(20-12-6-5-7-13-20)17-21-14-15-22(28-21)23(27)25-24(2,3)4/h8-11,14-15,20H,5-7,12-13,16-17H2,1-4H3,(H,25,27). The van der Waals surface area contributed by atoms with E-state index in [2.05, 4.69) is 41.4 Å². The Balaban J connectivity index is 1.74. The second kappa shape index (κ2) is 8.95. The average molecular weight is 383 g/mol. The second-order valence-corrected chi connectivity index (χ2v) is 9.09. The molecule has 0 bridgehead atoms. The van der Waals surface area contributed by atoms with Crippen molar-refractivity contribution in [2.45, 2.75) is 84.5 Å². The van der Waals surface area contributed by atoms with Gasteiger partial charge in [-0.2, -0.15) is 0 Å². The van der Waals surface area contributed by atoms with Gasteiger partial charge in [-0.1, -0.05) is 43.5 Å². The molecule has 1 aliphatic carbocycles. The molecule has 0 radical (unpaired) electrons. The van der Waals surface area contributed by atoms with Crippen LogP contribution in [0.1, 0.15) is 80.3 Å². The summed E-state index contributed by atoms with van der Waals surface area (Å²) in [6, 6.07) is 12.9. The van der Waals surface area contributed by atoms with Crippen LogP contribution in [0, 0.1) is 6.92 Å². The Kier molecular flexibility index (Phi) is 6.61. The van der Waals surface area contributed by atoms with E-state index in [0.29, 0.717) is 11.8 Å². The van der Waals surface area contributed by atoms with Crippen molar-refractivity contribution in [3.8, 4) is 0 Å². The lowest BCUT2D eigenvalue weighted by Gasteiger charge is -2.34. The van der Waals surface area contributed by atoms with Crippen molar-refractivity contribution < 1.29 is 9.21 Å². The van der Waals surface area contributed by atoms with Gasteiger partial charge in [0.1, 0.15) is 5.76 Å². The van der Waals surface area contributed by atoms with Crippen LogP contribution in [0.2, 0.25) is 0 Å². The van der Waals surface area contributed by atoms with Crippen LogP contribution in [0.15, 0.2) is 40.8 Å². The maximum atomic E-state index is 12.4. The predicted octanol–water partition coefficient (Wildman–Crippen LogP) is 5.45. The first kappa shape index (κ1) is 20.7. The zero-order valence-electron chi connectivity index (χ0n) is 17.8. The molecule has 28 heavy (non-hydrogen) atoms. The Morgan fingerprint density at radius 1 is 1.07 bits per heavy atom. The maximum absolute atomic E-state index is 12.4. The summed E-state index contributed by atoms with van der Waals surface area (Å²) in [6.07, 6.45) is 6.42. The van der Waals surface area contributed by atoms with Gasteiger partial charge >= 0.3 is 0 Å².